The third-order valence-corrected chi connectivity index (χ3v) is 2.44. The number of pyridine rings is 1. The van der Waals surface area contributed by atoms with Crippen LogP contribution in [0.5, 0.6) is 5.88 Å². The summed E-state index contributed by atoms with van der Waals surface area (Å²) in [6.45, 7) is 5.56. The molecular formula is C11H15N3O. The number of nitrogens with zero attached hydrogens (tertiary/aromatic N) is 3. The summed E-state index contributed by atoms with van der Waals surface area (Å²) in [5, 5.41) is 0. The first-order valence-corrected chi connectivity index (χ1v) is 4.97. The zero-order valence-electron chi connectivity index (χ0n) is 9.32. The van der Waals surface area contributed by atoms with E-state index in [1.807, 2.05) is 26.0 Å². The van der Waals surface area contributed by atoms with E-state index in [2.05, 4.69) is 14.9 Å². The molecule has 80 valence electrons. The Bertz CT molecular complexity index is 401. The van der Waals surface area contributed by atoms with Crippen LogP contribution in [0.1, 0.15) is 12.6 Å². The van der Waals surface area contributed by atoms with Gasteiger partial charge in [0.05, 0.1) is 13.7 Å². The van der Waals surface area contributed by atoms with Crippen molar-refractivity contribution in [3.63, 3.8) is 0 Å². The normalized spacial score (nSPS) is 15.4. The number of aryl methyl sites for hydroxylation is 1. The summed E-state index contributed by atoms with van der Waals surface area (Å²) in [5.41, 5.74) is 3.13. The lowest BCUT2D eigenvalue weighted by Crippen LogP contribution is -2.22. The Morgan fingerprint density at radius 1 is 1.33 bits per heavy atom. The van der Waals surface area contributed by atoms with Gasteiger partial charge in [-0.3, -0.25) is 4.99 Å². The highest BCUT2D eigenvalue weighted by Gasteiger charge is 2.17. The van der Waals surface area contributed by atoms with E-state index >= 15 is 0 Å². The molecule has 0 N–H and O–H groups in total. The molecule has 0 atom stereocenters. The van der Waals surface area contributed by atoms with Gasteiger partial charge in [0.15, 0.2) is 0 Å². The lowest BCUT2D eigenvalue weighted by atomic mass is 10.3. The molecule has 2 heterocycles. The first kappa shape index (κ1) is 9.96. The van der Waals surface area contributed by atoms with Crippen LogP contribution >= 0.6 is 0 Å². The smallest absolute Gasteiger partial charge is 0.237 e. The molecule has 15 heavy (non-hydrogen) atoms. The van der Waals surface area contributed by atoms with Gasteiger partial charge in [-0.2, -0.15) is 0 Å². The summed E-state index contributed by atoms with van der Waals surface area (Å²) in [6, 6.07) is 4.03. The third kappa shape index (κ3) is 1.93. The van der Waals surface area contributed by atoms with Crippen LogP contribution in [0.2, 0.25) is 0 Å². The minimum Gasteiger partial charge on any atom is -0.480 e. The summed E-state index contributed by atoms with van der Waals surface area (Å²) in [5.74, 6) is 0.680. The lowest BCUT2D eigenvalue weighted by Gasteiger charge is -2.19. The molecule has 0 fully saturated rings. The van der Waals surface area contributed by atoms with Crippen LogP contribution in [0.15, 0.2) is 17.1 Å². The van der Waals surface area contributed by atoms with Crippen molar-refractivity contribution in [1.29, 1.82) is 0 Å². The molecule has 0 aliphatic carbocycles. The molecule has 0 amide bonds. The Morgan fingerprint density at radius 3 is 2.73 bits per heavy atom. The molecule has 0 unspecified atom stereocenters. The number of aliphatic imine (C=N–C) groups is 1. The second-order valence-electron chi connectivity index (χ2n) is 3.71. The van der Waals surface area contributed by atoms with E-state index in [1.165, 1.54) is 0 Å². The Kier molecular flexibility index (Phi) is 2.58. The summed E-state index contributed by atoms with van der Waals surface area (Å²) in [6.07, 6.45) is 0. The summed E-state index contributed by atoms with van der Waals surface area (Å²) < 4.78 is 5.27. The first-order valence-electron chi connectivity index (χ1n) is 4.97. The van der Waals surface area contributed by atoms with Gasteiger partial charge in [0.1, 0.15) is 12.4 Å². The predicted molar refractivity (Wildman–Crippen MR) is 60.8 cm³/mol. The van der Waals surface area contributed by atoms with E-state index in [-0.39, 0.29) is 0 Å². The van der Waals surface area contributed by atoms with Crippen molar-refractivity contribution in [3.05, 3.63) is 17.8 Å². The Balaban J connectivity index is 2.28. The lowest BCUT2D eigenvalue weighted by molar-refractivity contribution is 0.397. The van der Waals surface area contributed by atoms with Crippen LogP contribution in [0, 0.1) is 6.92 Å². The van der Waals surface area contributed by atoms with Crippen LogP contribution in [0.3, 0.4) is 0 Å². The summed E-state index contributed by atoms with van der Waals surface area (Å²) in [7, 11) is 1.65. The van der Waals surface area contributed by atoms with E-state index < -0.39 is 0 Å². The van der Waals surface area contributed by atoms with E-state index in [9.17, 15) is 0 Å². The molecule has 1 aliphatic rings. The van der Waals surface area contributed by atoms with Crippen molar-refractivity contribution in [3.8, 4) is 5.88 Å². The number of anilines is 1. The van der Waals surface area contributed by atoms with Gasteiger partial charge < -0.3 is 9.64 Å². The van der Waals surface area contributed by atoms with Crippen molar-refractivity contribution in [2.24, 2.45) is 4.99 Å². The maximum absolute atomic E-state index is 5.27. The number of methoxy groups -OCH3 is 1. The largest absolute Gasteiger partial charge is 0.480 e. The second kappa shape index (κ2) is 3.88. The summed E-state index contributed by atoms with van der Waals surface area (Å²) >= 11 is 0. The van der Waals surface area contributed by atoms with E-state index in [1.54, 1.807) is 7.11 Å². The van der Waals surface area contributed by atoms with Gasteiger partial charge in [-0.15, -0.1) is 0 Å². The van der Waals surface area contributed by atoms with Crippen molar-refractivity contribution in [2.45, 2.75) is 13.8 Å². The molecule has 0 radical (unpaired) electrons. The monoisotopic (exact) mass is 205 g/mol. The number of ether oxygens (including phenoxy) is 1. The minimum absolute atomic E-state index is 0.680. The van der Waals surface area contributed by atoms with Crippen molar-refractivity contribution < 1.29 is 4.74 Å². The van der Waals surface area contributed by atoms with Crippen molar-refractivity contribution >= 4 is 11.4 Å². The highest BCUT2D eigenvalue weighted by atomic mass is 16.5. The Morgan fingerprint density at radius 2 is 2.13 bits per heavy atom. The molecule has 0 bridgehead atoms. The van der Waals surface area contributed by atoms with Crippen LogP contribution in [0.25, 0.3) is 0 Å². The van der Waals surface area contributed by atoms with E-state index in [4.69, 9.17) is 4.74 Å². The third-order valence-electron chi connectivity index (χ3n) is 2.44. The fourth-order valence-corrected chi connectivity index (χ4v) is 1.66. The van der Waals surface area contributed by atoms with Crippen LogP contribution in [-0.2, 0) is 0 Å². The molecule has 1 aliphatic heterocycles. The fraction of sp³-hybridized carbons (Fsp3) is 0.455. The summed E-state index contributed by atoms with van der Waals surface area (Å²) in [4.78, 5) is 10.9. The Labute approximate surface area is 89.6 Å². The SMILES string of the molecule is COc1nc(C)ccc1N1CN=C(C)C1. The maximum Gasteiger partial charge on any atom is 0.237 e. The molecule has 0 aromatic carbocycles. The highest BCUT2D eigenvalue weighted by Crippen LogP contribution is 2.27. The van der Waals surface area contributed by atoms with Crippen molar-refractivity contribution in [1.82, 2.24) is 4.98 Å². The quantitative estimate of drug-likeness (QED) is 0.736. The minimum atomic E-state index is 0.680. The number of aromatic nitrogens is 1. The van der Waals surface area contributed by atoms with E-state index in [0.717, 1.165) is 23.6 Å². The second-order valence-corrected chi connectivity index (χ2v) is 3.71. The average Bonchev–Trinajstić information content (AvgIpc) is 2.64. The van der Waals surface area contributed by atoms with Crippen LogP contribution in [0.4, 0.5) is 5.69 Å². The molecule has 4 nitrogen and oxygen atoms in total. The van der Waals surface area contributed by atoms with Gasteiger partial charge in [0, 0.05) is 11.4 Å². The molecule has 2 rings (SSSR count). The van der Waals surface area contributed by atoms with Gasteiger partial charge in [-0.1, -0.05) is 0 Å². The predicted octanol–water partition coefficient (Wildman–Crippen LogP) is 1.64. The van der Waals surface area contributed by atoms with Crippen LogP contribution in [-0.4, -0.2) is 31.0 Å². The van der Waals surface area contributed by atoms with Crippen LogP contribution < -0.4 is 9.64 Å². The molecule has 4 heteroatoms. The van der Waals surface area contributed by atoms with Gasteiger partial charge >= 0.3 is 0 Å². The molecule has 1 aromatic rings. The van der Waals surface area contributed by atoms with E-state index in [0.29, 0.717) is 12.5 Å². The van der Waals surface area contributed by atoms with Gasteiger partial charge in [-0.05, 0) is 26.0 Å². The average molecular weight is 205 g/mol. The number of hydrogen-bond acceptors (Lipinski definition) is 4. The zero-order chi connectivity index (χ0) is 10.8. The molecule has 0 spiro atoms. The van der Waals surface area contributed by atoms with Gasteiger partial charge in [0.25, 0.3) is 0 Å². The molecule has 0 saturated carbocycles. The maximum atomic E-state index is 5.27. The van der Waals surface area contributed by atoms with Crippen molar-refractivity contribution in [2.75, 3.05) is 25.2 Å². The Hall–Kier alpha value is -1.58. The molecule has 0 saturated heterocycles. The number of rotatable bonds is 2. The topological polar surface area (TPSA) is 37.7 Å². The standard InChI is InChI=1S/C11H15N3O/c1-8-4-5-10(11(13-8)15-3)14-6-9(2)12-7-14/h4-5H,6-7H2,1-3H3. The number of hydrogen-bond donors (Lipinski definition) is 0. The fourth-order valence-electron chi connectivity index (χ4n) is 1.66. The van der Waals surface area contributed by atoms with Gasteiger partial charge in [0.2, 0.25) is 5.88 Å². The molecule has 1 aromatic heterocycles. The van der Waals surface area contributed by atoms with Gasteiger partial charge in [-0.25, -0.2) is 4.98 Å². The zero-order valence-corrected chi connectivity index (χ0v) is 9.32. The highest BCUT2D eigenvalue weighted by molar-refractivity contribution is 5.89. The first-order chi connectivity index (χ1) is 7.20. The molecular weight excluding hydrogens is 190 g/mol.